The van der Waals surface area contributed by atoms with Gasteiger partial charge in [-0.05, 0) is 30.7 Å². The second-order valence-electron chi connectivity index (χ2n) is 6.83. The zero-order valence-corrected chi connectivity index (χ0v) is 16.0. The van der Waals surface area contributed by atoms with Crippen LogP contribution >= 0.6 is 0 Å². The van der Waals surface area contributed by atoms with E-state index in [-0.39, 0.29) is 11.8 Å². The molecule has 6 heteroatoms. The molecule has 1 atom stereocenters. The lowest BCUT2D eigenvalue weighted by atomic mass is 9.97. The average molecular weight is 377 g/mol. The van der Waals surface area contributed by atoms with Gasteiger partial charge in [-0.3, -0.25) is 4.79 Å². The van der Waals surface area contributed by atoms with Crippen LogP contribution < -0.4 is 9.47 Å². The number of aromatic nitrogens is 2. The number of likely N-dealkylation sites (tertiary alicyclic amines) is 1. The second-order valence-corrected chi connectivity index (χ2v) is 6.83. The molecule has 0 unspecified atom stereocenters. The number of hydrogen-bond donors (Lipinski definition) is 1. The predicted molar refractivity (Wildman–Crippen MR) is 107 cm³/mol. The molecule has 1 aliphatic heterocycles. The maximum Gasteiger partial charge on any atom is 0.254 e. The Morgan fingerprint density at radius 2 is 2.04 bits per heavy atom. The largest absolute Gasteiger partial charge is 0.497 e. The van der Waals surface area contributed by atoms with Crippen molar-refractivity contribution in [3.05, 3.63) is 66.0 Å². The Labute approximate surface area is 164 Å². The van der Waals surface area contributed by atoms with E-state index < -0.39 is 0 Å². The SMILES string of the molecule is COc1ccc(OC)c([C@@H]2CCN(C(=O)c3ccccc3-c3ncc[nH]3)C2)c1. The van der Waals surface area contributed by atoms with Crippen LogP contribution in [0, 0.1) is 0 Å². The maximum atomic E-state index is 13.2. The number of imidazole rings is 1. The molecule has 28 heavy (non-hydrogen) atoms. The summed E-state index contributed by atoms with van der Waals surface area (Å²) in [5, 5.41) is 0. The molecule has 6 nitrogen and oxygen atoms in total. The van der Waals surface area contributed by atoms with E-state index >= 15 is 0 Å². The van der Waals surface area contributed by atoms with E-state index in [2.05, 4.69) is 9.97 Å². The number of carbonyl (C=O) groups excluding carboxylic acids is 1. The Bertz CT molecular complexity index is 969. The lowest BCUT2D eigenvalue weighted by Crippen LogP contribution is -2.29. The van der Waals surface area contributed by atoms with Crippen LogP contribution in [0.25, 0.3) is 11.4 Å². The summed E-state index contributed by atoms with van der Waals surface area (Å²) in [5.41, 5.74) is 2.56. The Kier molecular flexibility index (Phi) is 5.02. The zero-order chi connectivity index (χ0) is 19.5. The summed E-state index contributed by atoms with van der Waals surface area (Å²) in [6, 6.07) is 13.4. The smallest absolute Gasteiger partial charge is 0.254 e. The van der Waals surface area contributed by atoms with Gasteiger partial charge in [0.25, 0.3) is 5.91 Å². The van der Waals surface area contributed by atoms with Gasteiger partial charge in [0.05, 0.1) is 19.8 Å². The van der Waals surface area contributed by atoms with Crippen LogP contribution in [-0.4, -0.2) is 48.1 Å². The summed E-state index contributed by atoms with van der Waals surface area (Å²) in [4.78, 5) is 22.5. The first-order chi connectivity index (χ1) is 13.7. The number of hydrogen-bond acceptors (Lipinski definition) is 4. The standard InChI is InChI=1S/C22H23N3O3/c1-27-16-7-8-20(28-2)19(13-16)15-9-12-25(14-15)22(26)18-6-4-3-5-17(18)21-23-10-11-24-21/h3-8,10-11,13,15H,9,12,14H2,1-2H3,(H,23,24)/t15-/m1/s1. The fraction of sp³-hybridized carbons (Fsp3) is 0.273. The highest BCUT2D eigenvalue weighted by molar-refractivity contribution is 6.00. The van der Waals surface area contributed by atoms with Crippen molar-refractivity contribution in [3.8, 4) is 22.9 Å². The third-order valence-corrected chi connectivity index (χ3v) is 5.26. The maximum absolute atomic E-state index is 13.2. The van der Waals surface area contributed by atoms with Crippen molar-refractivity contribution in [2.75, 3.05) is 27.3 Å². The molecule has 0 bridgehead atoms. The minimum atomic E-state index is 0.0244. The number of H-pyrrole nitrogens is 1. The molecule has 144 valence electrons. The molecule has 1 amide bonds. The number of nitrogens with zero attached hydrogens (tertiary/aromatic N) is 2. The third-order valence-electron chi connectivity index (χ3n) is 5.26. The van der Waals surface area contributed by atoms with Gasteiger partial charge in [-0.1, -0.05) is 18.2 Å². The normalized spacial score (nSPS) is 16.2. The van der Waals surface area contributed by atoms with E-state index in [1.807, 2.05) is 47.4 Å². The van der Waals surface area contributed by atoms with Crippen molar-refractivity contribution in [1.82, 2.24) is 14.9 Å². The Hall–Kier alpha value is -3.28. The van der Waals surface area contributed by atoms with Crippen LogP contribution in [-0.2, 0) is 0 Å². The molecule has 1 N–H and O–H groups in total. The summed E-state index contributed by atoms with van der Waals surface area (Å²) in [7, 11) is 3.32. The minimum absolute atomic E-state index is 0.0244. The van der Waals surface area contributed by atoms with Crippen molar-refractivity contribution < 1.29 is 14.3 Å². The molecule has 4 rings (SSSR count). The van der Waals surface area contributed by atoms with Gasteiger partial charge in [0.1, 0.15) is 17.3 Å². The van der Waals surface area contributed by atoms with E-state index in [0.717, 1.165) is 29.0 Å². The predicted octanol–water partition coefficient (Wildman–Crippen LogP) is 3.72. The molecule has 2 heterocycles. The second kappa shape index (κ2) is 7.76. The summed E-state index contributed by atoms with van der Waals surface area (Å²) < 4.78 is 10.9. The molecule has 1 aliphatic rings. The van der Waals surface area contributed by atoms with E-state index in [4.69, 9.17) is 9.47 Å². The Morgan fingerprint density at radius 1 is 1.18 bits per heavy atom. The molecule has 1 saturated heterocycles. The fourth-order valence-corrected chi connectivity index (χ4v) is 3.82. The van der Waals surface area contributed by atoms with Gasteiger partial charge >= 0.3 is 0 Å². The van der Waals surface area contributed by atoms with Crippen LogP contribution in [0.15, 0.2) is 54.9 Å². The number of carbonyl (C=O) groups is 1. The number of amides is 1. The van der Waals surface area contributed by atoms with Crippen LogP contribution in [0.4, 0.5) is 0 Å². The van der Waals surface area contributed by atoms with Gasteiger partial charge in [0.2, 0.25) is 0 Å². The summed E-state index contributed by atoms with van der Waals surface area (Å²) >= 11 is 0. The number of rotatable bonds is 5. The molecule has 0 spiro atoms. The molecule has 1 aromatic heterocycles. The van der Waals surface area contributed by atoms with Gasteiger partial charge in [0.15, 0.2) is 0 Å². The van der Waals surface area contributed by atoms with Gasteiger partial charge in [-0.25, -0.2) is 4.98 Å². The van der Waals surface area contributed by atoms with Crippen LogP contribution in [0.5, 0.6) is 11.5 Å². The third kappa shape index (κ3) is 3.33. The van der Waals surface area contributed by atoms with Crippen LogP contribution in [0.2, 0.25) is 0 Å². The molecule has 0 aliphatic carbocycles. The van der Waals surface area contributed by atoms with Gasteiger partial charge in [0, 0.05) is 42.5 Å². The van der Waals surface area contributed by atoms with Crippen LogP contribution in [0.1, 0.15) is 28.3 Å². The number of nitrogens with one attached hydrogen (secondary N) is 1. The lowest BCUT2D eigenvalue weighted by molar-refractivity contribution is 0.0791. The first-order valence-corrected chi connectivity index (χ1v) is 9.31. The molecule has 1 fully saturated rings. The van der Waals surface area contributed by atoms with Gasteiger partial charge in [-0.2, -0.15) is 0 Å². The van der Waals surface area contributed by atoms with Crippen molar-refractivity contribution >= 4 is 5.91 Å². The highest BCUT2D eigenvalue weighted by Crippen LogP contribution is 2.36. The first-order valence-electron chi connectivity index (χ1n) is 9.31. The monoisotopic (exact) mass is 377 g/mol. The highest BCUT2D eigenvalue weighted by atomic mass is 16.5. The average Bonchev–Trinajstić information content (AvgIpc) is 3.45. The molecule has 2 aromatic carbocycles. The van der Waals surface area contributed by atoms with Crippen LogP contribution in [0.3, 0.4) is 0 Å². The number of ether oxygens (including phenoxy) is 2. The number of benzene rings is 2. The van der Waals surface area contributed by atoms with E-state index in [0.29, 0.717) is 24.5 Å². The lowest BCUT2D eigenvalue weighted by Gasteiger charge is -2.19. The molecule has 0 saturated carbocycles. The molecule has 0 radical (unpaired) electrons. The van der Waals surface area contributed by atoms with Crippen molar-refractivity contribution in [3.63, 3.8) is 0 Å². The summed E-state index contributed by atoms with van der Waals surface area (Å²) in [6.07, 6.45) is 4.34. The van der Waals surface area contributed by atoms with Gasteiger partial charge < -0.3 is 19.4 Å². The van der Waals surface area contributed by atoms with Crippen molar-refractivity contribution in [1.29, 1.82) is 0 Å². The summed E-state index contributed by atoms with van der Waals surface area (Å²) in [6.45, 7) is 1.35. The quantitative estimate of drug-likeness (QED) is 0.736. The minimum Gasteiger partial charge on any atom is -0.497 e. The fourth-order valence-electron chi connectivity index (χ4n) is 3.82. The first kappa shape index (κ1) is 18.1. The van der Waals surface area contributed by atoms with Gasteiger partial charge in [-0.15, -0.1) is 0 Å². The Morgan fingerprint density at radius 3 is 2.79 bits per heavy atom. The van der Waals surface area contributed by atoms with Crippen molar-refractivity contribution in [2.24, 2.45) is 0 Å². The summed E-state index contributed by atoms with van der Waals surface area (Å²) in [5.74, 6) is 2.56. The van der Waals surface area contributed by atoms with E-state index in [1.54, 1.807) is 26.6 Å². The number of aromatic amines is 1. The Balaban J connectivity index is 1.58. The highest BCUT2D eigenvalue weighted by Gasteiger charge is 2.31. The molecular formula is C22H23N3O3. The molecule has 3 aromatic rings. The van der Waals surface area contributed by atoms with E-state index in [1.165, 1.54) is 0 Å². The van der Waals surface area contributed by atoms with E-state index in [9.17, 15) is 4.79 Å². The molecular weight excluding hydrogens is 354 g/mol. The van der Waals surface area contributed by atoms with Crippen molar-refractivity contribution in [2.45, 2.75) is 12.3 Å². The zero-order valence-electron chi connectivity index (χ0n) is 16.0. The topological polar surface area (TPSA) is 67.5 Å². The number of methoxy groups -OCH3 is 2.